The highest BCUT2D eigenvalue weighted by Crippen LogP contribution is 2.45. The molecular formula is C29H24N2O5S. The van der Waals surface area contributed by atoms with E-state index in [1.54, 1.807) is 43.5 Å². The number of aliphatic hydroxyl groups excluding tert-OH is 1. The van der Waals surface area contributed by atoms with E-state index in [1.807, 2.05) is 38.1 Å². The monoisotopic (exact) mass is 512 g/mol. The molecule has 1 N–H and O–H groups in total. The minimum absolute atomic E-state index is 0.0255. The summed E-state index contributed by atoms with van der Waals surface area (Å²) in [6.07, 6.45) is 0.748. The van der Waals surface area contributed by atoms with Crippen molar-refractivity contribution in [1.29, 1.82) is 0 Å². The lowest BCUT2D eigenvalue weighted by Gasteiger charge is -2.23. The van der Waals surface area contributed by atoms with E-state index in [0.29, 0.717) is 28.4 Å². The van der Waals surface area contributed by atoms with Crippen molar-refractivity contribution in [2.24, 2.45) is 0 Å². The first-order chi connectivity index (χ1) is 17.8. The number of thiazole rings is 1. The van der Waals surface area contributed by atoms with Gasteiger partial charge in [-0.05, 0) is 73.0 Å². The van der Waals surface area contributed by atoms with Crippen molar-refractivity contribution in [2.75, 3.05) is 12.0 Å². The molecule has 1 saturated heterocycles. The quantitative estimate of drug-likeness (QED) is 0.219. The highest BCUT2D eigenvalue weighted by Gasteiger charge is 2.48. The molecule has 186 valence electrons. The first-order valence-corrected chi connectivity index (χ1v) is 12.8. The molecule has 6 rings (SSSR count). The average molecular weight is 513 g/mol. The minimum atomic E-state index is -0.851. The maximum Gasteiger partial charge on any atom is 0.301 e. The Hall–Kier alpha value is -4.17. The lowest BCUT2D eigenvalue weighted by Crippen LogP contribution is -2.29. The van der Waals surface area contributed by atoms with Crippen LogP contribution in [-0.4, -0.2) is 35.0 Å². The van der Waals surface area contributed by atoms with Gasteiger partial charge in [-0.3, -0.25) is 14.5 Å². The van der Waals surface area contributed by atoms with Crippen LogP contribution in [-0.2, 0) is 16.0 Å². The van der Waals surface area contributed by atoms with Crippen molar-refractivity contribution >= 4 is 44.1 Å². The zero-order chi connectivity index (χ0) is 25.8. The van der Waals surface area contributed by atoms with Crippen LogP contribution in [0.15, 0.2) is 66.2 Å². The molecular weight excluding hydrogens is 488 g/mol. The molecule has 8 heteroatoms. The van der Waals surface area contributed by atoms with Gasteiger partial charge in [-0.25, -0.2) is 4.98 Å². The molecule has 0 bridgehead atoms. The summed E-state index contributed by atoms with van der Waals surface area (Å²) in [7, 11) is 1.57. The van der Waals surface area contributed by atoms with Crippen LogP contribution < -0.4 is 14.4 Å². The molecule has 1 fully saturated rings. The van der Waals surface area contributed by atoms with E-state index in [4.69, 9.17) is 9.47 Å². The van der Waals surface area contributed by atoms with Gasteiger partial charge in [0.1, 0.15) is 23.4 Å². The molecule has 0 unspecified atom stereocenters. The maximum absolute atomic E-state index is 13.5. The van der Waals surface area contributed by atoms with E-state index in [2.05, 4.69) is 4.98 Å². The number of aromatic nitrogens is 1. The fourth-order valence-corrected chi connectivity index (χ4v) is 6.07. The third-order valence-electron chi connectivity index (χ3n) is 6.78. The third-order valence-corrected chi connectivity index (χ3v) is 7.80. The van der Waals surface area contributed by atoms with Crippen molar-refractivity contribution in [3.05, 3.63) is 88.5 Å². The zero-order valence-electron chi connectivity index (χ0n) is 20.5. The van der Waals surface area contributed by atoms with Gasteiger partial charge in [0.15, 0.2) is 5.13 Å². The molecule has 7 nitrogen and oxygen atoms in total. The van der Waals surface area contributed by atoms with Crippen molar-refractivity contribution < 1.29 is 24.2 Å². The van der Waals surface area contributed by atoms with E-state index in [0.717, 1.165) is 27.1 Å². The summed E-state index contributed by atoms with van der Waals surface area (Å²) in [6, 6.07) is 17.5. The first kappa shape index (κ1) is 23.2. The number of anilines is 1. The second kappa shape index (κ2) is 8.74. The molecule has 3 heterocycles. The number of Topliss-reactive ketones (excluding diaryl/α,β-unsaturated/α-hetero) is 1. The highest BCUT2D eigenvalue weighted by atomic mass is 32.1. The van der Waals surface area contributed by atoms with Gasteiger partial charge in [0.05, 0.1) is 28.9 Å². The van der Waals surface area contributed by atoms with E-state index in [9.17, 15) is 14.7 Å². The number of ketones is 1. The van der Waals surface area contributed by atoms with E-state index < -0.39 is 17.7 Å². The molecule has 1 amide bonds. The van der Waals surface area contributed by atoms with Crippen molar-refractivity contribution in [2.45, 2.75) is 32.4 Å². The summed E-state index contributed by atoms with van der Waals surface area (Å²) in [5, 5.41) is 11.9. The number of fused-ring (bicyclic) bond motifs is 2. The van der Waals surface area contributed by atoms with E-state index in [-0.39, 0.29) is 17.4 Å². The fraction of sp³-hybridized carbons (Fsp3) is 0.207. The molecule has 0 radical (unpaired) electrons. The van der Waals surface area contributed by atoms with Crippen molar-refractivity contribution in [3.63, 3.8) is 0 Å². The van der Waals surface area contributed by atoms with Gasteiger partial charge in [-0.1, -0.05) is 29.5 Å². The average Bonchev–Trinajstić information content (AvgIpc) is 3.55. The van der Waals surface area contributed by atoms with Crippen LogP contribution >= 0.6 is 11.3 Å². The summed E-state index contributed by atoms with van der Waals surface area (Å²) in [5.41, 5.74) is 3.92. The predicted molar refractivity (Wildman–Crippen MR) is 142 cm³/mol. The number of carbonyl (C=O) groups is 2. The lowest BCUT2D eigenvalue weighted by molar-refractivity contribution is -0.132. The number of hydrogen-bond acceptors (Lipinski definition) is 7. The summed E-state index contributed by atoms with van der Waals surface area (Å²) in [5.74, 6) is -0.291. The molecule has 0 spiro atoms. The topological polar surface area (TPSA) is 89.0 Å². The predicted octanol–water partition coefficient (Wildman–Crippen LogP) is 5.56. The summed E-state index contributed by atoms with van der Waals surface area (Å²) < 4.78 is 12.0. The largest absolute Gasteiger partial charge is 0.507 e. The molecule has 37 heavy (non-hydrogen) atoms. The Morgan fingerprint density at radius 1 is 1.11 bits per heavy atom. The number of amides is 1. The van der Waals surface area contributed by atoms with Crippen LogP contribution in [0.2, 0.25) is 0 Å². The lowest BCUT2D eigenvalue weighted by atomic mass is 9.94. The Morgan fingerprint density at radius 2 is 1.89 bits per heavy atom. The second-order valence-corrected chi connectivity index (χ2v) is 10.4. The Morgan fingerprint density at radius 3 is 2.65 bits per heavy atom. The van der Waals surface area contributed by atoms with Gasteiger partial charge in [0.2, 0.25) is 0 Å². The van der Waals surface area contributed by atoms with Crippen LogP contribution in [0.4, 0.5) is 5.13 Å². The number of aryl methyl sites for hydroxylation is 1. The molecule has 4 aromatic rings. The Kier molecular flexibility index (Phi) is 5.49. The molecule has 1 aromatic heterocycles. The standard InChI is InChI=1S/C29H24N2O5S/c1-15-4-10-21-23(12-15)37-29(30-21)31-25(17-5-8-20(35-3)9-6-17)24(27(33)28(31)34)26(32)18-7-11-22-19(14-18)13-16(2)36-22/h4-12,14,16,25,32H,13H2,1-3H3/t16-,25-/m1/s1. The number of hydrogen-bond donors (Lipinski definition) is 1. The minimum Gasteiger partial charge on any atom is -0.507 e. The molecule has 2 aliphatic heterocycles. The smallest absolute Gasteiger partial charge is 0.301 e. The Balaban J connectivity index is 1.53. The van der Waals surface area contributed by atoms with Gasteiger partial charge >= 0.3 is 5.91 Å². The van der Waals surface area contributed by atoms with Gasteiger partial charge in [-0.2, -0.15) is 0 Å². The number of methoxy groups -OCH3 is 1. The van der Waals surface area contributed by atoms with Crippen LogP contribution in [0.1, 0.15) is 35.2 Å². The van der Waals surface area contributed by atoms with Gasteiger partial charge in [-0.15, -0.1) is 0 Å². The van der Waals surface area contributed by atoms with Gasteiger partial charge in [0, 0.05) is 12.0 Å². The van der Waals surface area contributed by atoms with E-state index in [1.165, 1.54) is 16.2 Å². The highest BCUT2D eigenvalue weighted by molar-refractivity contribution is 7.22. The number of nitrogens with zero attached hydrogens (tertiary/aromatic N) is 2. The van der Waals surface area contributed by atoms with Crippen LogP contribution in [0, 0.1) is 6.92 Å². The number of rotatable bonds is 4. The van der Waals surface area contributed by atoms with Crippen molar-refractivity contribution in [3.8, 4) is 11.5 Å². The van der Waals surface area contributed by atoms with Crippen LogP contribution in [0.5, 0.6) is 11.5 Å². The Labute approximate surface area is 217 Å². The third kappa shape index (κ3) is 3.84. The molecule has 2 aliphatic rings. The normalized spacial score (nSPS) is 20.4. The molecule has 0 saturated carbocycles. The summed E-state index contributed by atoms with van der Waals surface area (Å²) >= 11 is 1.34. The zero-order valence-corrected chi connectivity index (χ0v) is 21.3. The number of ether oxygens (including phenoxy) is 2. The molecule has 0 aliphatic carbocycles. The van der Waals surface area contributed by atoms with Gasteiger partial charge in [0.25, 0.3) is 5.78 Å². The van der Waals surface area contributed by atoms with Gasteiger partial charge < -0.3 is 14.6 Å². The second-order valence-electron chi connectivity index (χ2n) is 9.36. The summed E-state index contributed by atoms with van der Waals surface area (Å²) in [4.78, 5) is 33.0. The van der Waals surface area contributed by atoms with Crippen LogP contribution in [0.25, 0.3) is 16.0 Å². The molecule has 2 atom stereocenters. The Bertz CT molecular complexity index is 1600. The SMILES string of the molecule is COc1ccc([C@@H]2C(=C(O)c3ccc4c(c3)C[C@@H](C)O4)C(=O)C(=O)N2c2nc3ccc(C)cc3s2)cc1. The molecule has 3 aromatic carbocycles. The number of aliphatic hydroxyl groups is 1. The maximum atomic E-state index is 13.5. The summed E-state index contributed by atoms with van der Waals surface area (Å²) in [6.45, 7) is 3.97. The fourth-order valence-electron chi connectivity index (χ4n) is 4.98. The number of carbonyl (C=O) groups excluding carboxylic acids is 2. The number of benzene rings is 3. The van der Waals surface area contributed by atoms with Crippen LogP contribution in [0.3, 0.4) is 0 Å². The van der Waals surface area contributed by atoms with E-state index >= 15 is 0 Å². The van der Waals surface area contributed by atoms with Crippen molar-refractivity contribution in [1.82, 2.24) is 4.98 Å². The first-order valence-electron chi connectivity index (χ1n) is 12.0.